The van der Waals surface area contributed by atoms with Crippen molar-refractivity contribution in [2.45, 2.75) is 47.1 Å². The molecule has 1 amide bonds. The van der Waals surface area contributed by atoms with Gasteiger partial charge in [0.15, 0.2) is 0 Å². The van der Waals surface area contributed by atoms with E-state index in [2.05, 4.69) is 4.72 Å². The molecule has 0 saturated carbocycles. The molecule has 124 valence electrons. The molecule has 1 aromatic carbocycles. The van der Waals surface area contributed by atoms with E-state index in [9.17, 15) is 13.2 Å². The van der Waals surface area contributed by atoms with Crippen molar-refractivity contribution < 1.29 is 17.9 Å². The number of rotatable bonds is 6. The van der Waals surface area contributed by atoms with E-state index < -0.39 is 15.9 Å². The number of ether oxygens (including phenoxy) is 1. The zero-order valence-electron chi connectivity index (χ0n) is 13.8. The summed E-state index contributed by atoms with van der Waals surface area (Å²) in [5, 5.41) is 0. The van der Waals surface area contributed by atoms with Crippen LogP contribution in [-0.2, 0) is 10.0 Å². The van der Waals surface area contributed by atoms with Crippen LogP contribution < -0.4 is 9.46 Å². The molecule has 0 saturated heterocycles. The Hall–Kier alpha value is -1.56. The third kappa shape index (κ3) is 6.47. The maximum Gasteiger partial charge on any atom is 0.268 e. The first kappa shape index (κ1) is 18.5. The molecule has 0 bridgehead atoms. The SMILES string of the molecule is CC(C)Oc1ccccc1C(=O)NS(=O)(=O)CCC(C)(C)C. The van der Waals surface area contributed by atoms with E-state index >= 15 is 0 Å². The van der Waals surface area contributed by atoms with Crippen molar-refractivity contribution in [2.75, 3.05) is 5.75 Å². The van der Waals surface area contributed by atoms with E-state index in [4.69, 9.17) is 4.74 Å². The molecule has 5 nitrogen and oxygen atoms in total. The smallest absolute Gasteiger partial charge is 0.268 e. The molecular formula is C16H25NO4S. The van der Waals surface area contributed by atoms with Crippen LogP contribution in [0.15, 0.2) is 24.3 Å². The van der Waals surface area contributed by atoms with Crippen LogP contribution in [-0.4, -0.2) is 26.2 Å². The van der Waals surface area contributed by atoms with Gasteiger partial charge >= 0.3 is 0 Å². The van der Waals surface area contributed by atoms with E-state index in [1.54, 1.807) is 24.3 Å². The van der Waals surface area contributed by atoms with Crippen molar-refractivity contribution in [3.05, 3.63) is 29.8 Å². The molecule has 0 aliphatic carbocycles. The number of hydrogen-bond acceptors (Lipinski definition) is 4. The molecule has 0 aromatic heterocycles. The van der Waals surface area contributed by atoms with Crippen molar-refractivity contribution in [1.82, 2.24) is 4.72 Å². The Bertz CT molecular complexity index is 615. The highest BCUT2D eigenvalue weighted by atomic mass is 32.2. The van der Waals surface area contributed by atoms with Crippen LogP contribution in [0.4, 0.5) is 0 Å². The minimum absolute atomic E-state index is 0.0879. The Morgan fingerprint density at radius 2 is 1.82 bits per heavy atom. The lowest BCUT2D eigenvalue weighted by atomic mass is 9.94. The third-order valence-electron chi connectivity index (χ3n) is 2.86. The number of para-hydroxylation sites is 1. The first-order chi connectivity index (χ1) is 10.0. The lowest BCUT2D eigenvalue weighted by Crippen LogP contribution is -2.34. The predicted molar refractivity (Wildman–Crippen MR) is 87.5 cm³/mol. The van der Waals surface area contributed by atoms with Gasteiger partial charge in [-0.05, 0) is 37.8 Å². The fraction of sp³-hybridized carbons (Fsp3) is 0.562. The van der Waals surface area contributed by atoms with Crippen LogP contribution in [0.25, 0.3) is 0 Å². The molecule has 1 N–H and O–H groups in total. The summed E-state index contributed by atoms with van der Waals surface area (Å²) < 4.78 is 31.7. The number of hydrogen-bond donors (Lipinski definition) is 1. The van der Waals surface area contributed by atoms with Gasteiger partial charge < -0.3 is 4.74 Å². The summed E-state index contributed by atoms with van der Waals surface area (Å²) in [5.74, 6) is -0.374. The minimum atomic E-state index is -3.66. The lowest BCUT2D eigenvalue weighted by Gasteiger charge is -2.18. The van der Waals surface area contributed by atoms with Gasteiger partial charge in [0.05, 0.1) is 17.4 Å². The van der Waals surface area contributed by atoms with Crippen LogP contribution >= 0.6 is 0 Å². The molecule has 0 unspecified atom stereocenters. The number of carbonyl (C=O) groups excluding carboxylic acids is 1. The number of benzene rings is 1. The van der Waals surface area contributed by atoms with Crippen molar-refractivity contribution in [1.29, 1.82) is 0 Å². The Labute approximate surface area is 133 Å². The maximum absolute atomic E-state index is 12.2. The van der Waals surface area contributed by atoms with Gasteiger partial charge in [0, 0.05) is 0 Å². The quantitative estimate of drug-likeness (QED) is 0.872. The van der Waals surface area contributed by atoms with Gasteiger partial charge in [0.1, 0.15) is 5.75 Å². The zero-order chi connectivity index (χ0) is 17.0. The Balaban J connectivity index is 2.85. The molecule has 0 heterocycles. The van der Waals surface area contributed by atoms with Gasteiger partial charge in [-0.25, -0.2) is 13.1 Å². The first-order valence-corrected chi connectivity index (χ1v) is 8.96. The monoisotopic (exact) mass is 327 g/mol. The second-order valence-electron chi connectivity index (χ2n) is 6.72. The van der Waals surface area contributed by atoms with Crippen LogP contribution in [0, 0.1) is 5.41 Å². The Morgan fingerprint density at radius 3 is 2.36 bits per heavy atom. The largest absolute Gasteiger partial charge is 0.490 e. The number of nitrogens with one attached hydrogen (secondary N) is 1. The molecule has 0 atom stereocenters. The number of amides is 1. The van der Waals surface area contributed by atoms with E-state index in [0.717, 1.165) is 0 Å². The number of carbonyl (C=O) groups is 1. The van der Waals surface area contributed by atoms with Crippen LogP contribution in [0.3, 0.4) is 0 Å². The second-order valence-corrected chi connectivity index (χ2v) is 8.57. The normalized spacial score (nSPS) is 12.3. The van der Waals surface area contributed by atoms with Gasteiger partial charge in [-0.3, -0.25) is 4.79 Å². The summed E-state index contributed by atoms with van der Waals surface area (Å²) >= 11 is 0. The van der Waals surface area contributed by atoms with E-state index in [-0.39, 0.29) is 22.8 Å². The molecule has 6 heteroatoms. The standard InChI is InChI=1S/C16H25NO4S/c1-12(2)21-14-9-7-6-8-13(14)15(18)17-22(19,20)11-10-16(3,4)5/h6-9,12H,10-11H2,1-5H3,(H,17,18). The Morgan fingerprint density at radius 1 is 1.23 bits per heavy atom. The summed E-state index contributed by atoms with van der Waals surface area (Å²) in [4.78, 5) is 12.2. The topological polar surface area (TPSA) is 72.5 Å². The third-order valence-corrected chi connectivity index (χ3v) is 4.10. The minimum Gasteiger partial charge on any atom is -0.490 e. The average molecular weight is 327 g/mol. The van der Waals surface area contributed by atoms with Crippen LogP contribution in [0.1, 0.15) is 51.4 Å². The molecule has 22 heavy (non-hydrogen) atoms. The fourth-order valence-corrected chi connectivity index (χ4v) is 3.07. The van der Waals surface area contributed by atoms with E-state index in [1.165, 1.54) is 0 Å². The molecule has 0 radical (unpaired) electrons. The van der Waals surface area contributed by atoms with Gasteiger partial charge in [-0.2, -0.15) is 0 Å². The second kappa shape index (κ2) is 7.13. The highest BCUT2D eigenvalue weighted by Gasteiger charge is 2.22. The van der Waals surface area contributed by atoms with Crippen LogP contribution in [0.2, 0.25) is 0 Å². The van der Waals surface area contributed by atoms with Crippen LogP contribution in [0.5, 0.6) is 5.75 Å². The summed E-state index contributed by atoms with van der Waals surface area (Å²) in [6.07, 6.45) is 0.367. The average Bonchev–Trinajstić information content (AvgIpc) is 2.35. The number of sulfonamides is 1. The summed E-state index contributed by atoms with van der Waals surface area (Å²) in [5.41, 5.74) is 0.103. The van der Waals surface area contributed by atoms with Gasteiger partial charge in [0.25, 0.3) is 5.91 Å². The van der Waals surface area contributed by atoms with Gasteiger partial charge in [-0.1, -0.05) is 32.9 Å². The lowest BCUT2D eigenvalue weighted by molar-refractivity contribution is 0.0975. The summed E-state index contributed by atoms with van der Waals surface area (Å²) in [6, 6.07) is 6.61. The summed E-state index contributed by atoms with van der Waals surface area (Å²) in [7, 11) is -3.66. The zero-order valence-corrected chi connectivity index (χ0v) is 14.7. The molecule has 1 aromatic rings. The maximum atomic E-state index is 12.2. The van der Waals surface area contributed by atoms with Crippen molar-refractivity contribution in [3.63, 3.8) is 0 Å². The van der Waals surface area contributed by atoms with E-state index in [0.29, 0.717) is 12.2 Å². The molecular weight excluding hydrogens is 302 g/mol. The predicted octanol–water partition coefficient (Wildman–Crippen LogP) is 2.97. The summed E-state index contributed by atoms with van der Waals surface area (Å²) in [6.45, 7) is 9.55. The molecule has 0 aliphatic heterocycles. The first-order valence-electron chi connectivity index (χ1n) is 7.31. The Kier molecular flexibility index (Phi) is 6.00. The van der Waals surface area contributed by atoms with Crippen molar-refractivity contribution in [2.24, 2.45) is 5.41 Å². The van der Waals surface area contributed by atoms with Gasteiger partial charge in [-0.15, -0.1) is 0 Å². The molecule has 0 spiro atoms. The van der Waals surface area contributed by atoms with E-state index in [1.807, 2.05) is 34.6 Å². The molecule has 0 fully saturated rings. The van der Waals surface area contributed by atoms with Crippen molar-refractivity contribution >= 4 is 15.9 Å². The van der Waals surface area contributed by atoms with Gasteiger partial charge in [0.2, 0.25) is 10.0 Å². The van der Waals surface area contributed by atoms with Crippen molar-refractivity contribution in [3.8, 4) is 5.75 Å². The molecule has 1 rings (SSSR count). The highest BCUT2D eigenvalue weighted by molar-refractivity contribution is 7.90. The molecule has 0 aliphatic rings. The highest BCUT2D eigenvalue weighted by Crippen LogP contribution is 2.21. The fourth-order valence-electron chi connectivity index (χ4n) is 1.70.